The fourth-order valence-corrected chi connectivity index (χ4v) is 3.74. The first-order valence-corrected chi connectivity index (χ1v) is 10.4. The molecule has 2 aromatic rings. The summed E-state index contributed by atoms with van der Waals surface area (Å²) in [5, 5.41) is 17.7. The quantitative estimate of drug-likeness (QED) is 0.459. The zero-order valence-corrected chi connectivity index (χ0v) is 18.5. The first-order valence-electron chi connectivity index (χ1n) is 10.4. The van der Waals surface area contributed by atoms with Crippen LogP contribution in [0.25, 0.3) is 5.57 Å². The lowest BCUT2D eigenvalue weighted by Crippen LogP contribution is -2.56. The van der Waals surface area contributed by atoms with E-state index in [0.29, 0.717) is 33.6 Å². The number of carbonyl (C=O) groups is 2. The molecule has 178 valence electrons. The van der Waals surface area contributed by atoms with Crippen molar-refractivity contribution in [2.45, 2.75) is 12.6 Å². The lowest BCUT2D eigenvalue weighted by molar-refractivity contribution is -0.0675. The van der Waals surface area contributed by atoms with Crippen LogP contribution in [0.5, 0.6) is 0 Å². The number of hydrogen-bond donors (Lipinski definition) is 3. The van der Waals surface area contributed by atoms with E-state index in [2.05, 4.69) is 11.9 Å². The molecule has 1 heterocycles. The molecule has 2 amide bonds. The standard InChI is InChI=1S/C24H24F3N5O2/c1-15(18-8-3-4-9-19(18)21(33)30-2)12-16-6-5-7-17(13-16)22(34)31-10-11-32(20(28)14-31)23(29)24(25,26)27/h3-9,13,28-29H,1,10-12,14H2,2H3,(H,30,33). The van der Waals surface area contributed by atoms with Crippen LogP contribution in [-0.4, -0.2) is 66.1 Å². The van der Waals surface area contributed by atoms with Crippen molar-refractivity contribution in [1.82, 2.24) is 15.1 Å². The van der Waals surface area contributed by atoms with E-state index in [0.717, 1.165) is 5.56 Å². The van der Waals surface area contributed by atoms with Gasteiger partial charge in [0.25, 0.3) is 11.8 Å². The highest BCUT2D eigenvalue weighted by molar-refractivity contribution is 6.04. The monoisotopic (exact) mass is 471 g/mol. The van der Waals surface area contributed by atoms with Crippen molar-refractivity contribution in [3.05, 3.63) is 77.4 Å². The molecule has 0 spiro atoms. The van der Waals surface area contributed by atoms with Crippen molar-refractivity contribution in [3.8, 4) is 0 Å². The highest BCUT2D eigenvalue weighted by Gasteiger charge is 2.41. The number of hydrogen-bond acceptors (Lipinski definition) is 4. The maximum atomic E-state index is 13.0. The van der Waals surface area contributed by atoms with Gasteiger partial charge in [-0.2, -0.15) is 13.2 Å². The number of nitrogens with one attached hydrogen (secondary N) is 3. The summed E-state index contributed by atoms with van der Waals surface area (Å²) < 4.78 is 38.4. The summed E-state index contributed by atoms with van der Waals surface area (Å²) in [6, 6.07) is 13.8. The molecule has 0 atom stereocenters. The Balaban J connectivity index is 1.72. The summed E-state index contributed by atoms with van der Waals surface area (Å²) >= 11 is 0. The Labute approximate surface area is 194 Å². The van der Waals surface area contributed by atoms with Gasteiger partial charge in [-0.05, 0) is 41.3 Å². The molecule has 1 aliphatic heterocycles. The minimum Gasteiger partial charge on any atom is -0.355 e. The van der Waals surface area contributed by atoms with Crippen LogP contribution in [0.1, 0.15) is 31.8 Å². The Hall–Kier alpha value is -3.95. The van der Waals surface area contributed by atoms with Gasteiger partial charge in [-0.1, -0.05) is 36.9 Å². The van der Waals surface area contributed by atoms with E-state index in [1.54, 1.807) is 49.5 Å². The largest absolute Gasteiger partial charge is 0.449 e. The number of rotatable bonds is 5. The molecule has 3 N–H and O–H groups in total. The molecule has 0 saturated carbocycles. The molecule has 0 bridgehead atoms. The number of piperazine rings is 1. The number of nitrogens with zero attached hydrogens (tertiary/aromatic N) is 2. The number of amidine groups is 2. The van der Waals surface area contributed by atoms with Crippen molar-refractivity contribution >= 4 is 29.1 Å². The minimum absolute atomic E-state index is 0.0455. The molecular formula is C24H24F3N5O2. The minimum atomic E-state index is -4.86. The zero-order chi connectivity index (χ0) is 25.0. The van der Waals surface area contributed by atoms with Crippen LogP contribution >= 0.6 is 0 Å². The smallest absolute Gasteiger partial charge is 0.355 e. The summed E-state index contributed by atoms with van der Waals surface area (Å²) in [7, 11) is 1.54. The van der Waals surface area contributed by atoms with Gasteiger partial charge < -0.3 is 15.1 Å². The summed E-state index contributed by atoms with van der Waals surface area (Å²) in [5.74, 6) is -2.72. The highest BCUT2D eigenvalue weighted by atomic mass is 19.4. The third kappa shape index (κ3) is 5.33. The molecule has 7 nitrogen and oxygen atoms in total. The molecule has 34 heavy (non-hydrogen) atoms. The van der Waals surface area contributed by atoms with Gasteiger partial charge in [0.2, 0.25) is 5.84 Å². The number of alkyl halides is 3. The van der Waals surface area contributed by atoms with Crippen molar-refractivity contribution in [2.75, 3.05) is 26.7 Å². The third-order valence-electron chi connectivity index (χ3n) is 5.46. The third-order valence-corrected chi connectivity index (χ3v) is 5.46. The Kier molecular flexibility index (Phi) is 7.19. The Morgan fingerprint density at radius 1 is 1.09 bits per heavy atom. The number of carbonyl (C=O) groups excluding carboxylic acids is 2. The number of allylic oxidation sites excluding steroid dienone is 1. The molecule has 3 rings (SSSR count). The average Bonchev–Trinajstić information content (AvgIpc) is 2.82. The number of benzene rings is 2. The van der Waals surface area contributed by atoms with Crippen LogP contribution in [0.2, 0.25) is 0 Å². The van der Waals surface area contributed by atoms with Gasteiger partial charge >= 0.3 is 6.18 Å². The lowest BCUT2D eigenvalue weighted by atomic mass is 9.94. The maximum absolute atomic E-state index is 13.0. The van der Waals surface area contributed by atoms with E-state index in [-0.39, 0.29) is 25.5 Å². The SMILES string of the molecule is C=C(Cc1cccc(C(=O)N2CCN(C(=N)C(F)(F)F)C(=N)C2)c1)c1ccccc1C(=O)NC. The maximum Gasteiger partial charge on any atom is 0.449 e. The molecule has 0 radical (unpaired) electrons. The average molecular weight is 471 g/mol. The van der Waals surface area contributed by atoms with E-state index in [4.69, 9.17) is 10.8 Å². The van der Waals surface area contributed by atoms with Gasteiger partial charge in [0, 0.05) is 31.3 Å². The first kappa shape index (κ1) is 24.7. The second-order valence-corrected chi connectivity index (χ2v) is 7.78. The molecule has 1 saturated heterocycles. The van der Waals surface area contributed by atoms with Gasteiger partial charge in [0.05, 0.1) is 6.54 Å². The second kappa shape index (κ2) is 9.90. The van der Waals surface area contributed by atoms with Crippen LogP contribution in [0.4, 0.5) is 13.2 Å². The van der Waals surface area contributed by atoms with Crippen molar-refractivity contribution in [3.63, 3.8) is 0 Å². The topological polar surface area (TPSA) is 100 Å². The number of amides is 2. The van der Waals surface area contributed by atoms with Crippen LogP contribution in [0.3, 0.4) is 0 Å². The molecule has 0 unspecified atom stereocenters. The first-order chi connectivity index (χ1) is 16.0. The predicted molar refractivity (Wildman–Crippen MR) is 123 cm³/mol. The molecule has 0 aliphatic carbocycles. The van der Waals surface area contributed by atoms with Crippen LogP contribution in [0, 0.1) is 10.8 Å². The molecular weight excluding hydrogens is 447 g/mol. The van der Waals surface area contributed by atoms with E-state index < -0.39 is 23.8 Å². The molecule has 0 aromatic heterocycles. The summed E-state index contributed by atoms with van der Waals surface area (Å²) in [4.78, 5) is 27.0. The molecule has 10 heteroatoms. The Morgan fingerprint density at radius 2 is 1.76 bits per heavy atom. The highest BCUT2D eigenvalue weighted by Crippen LogP contribution is 2.24. The fraction of sp³-hybridized carbons (Fsp3) is 0.250. The Bertz CT molecular complexity index is 1160. The fourth-order valence-electron chi connectivity index (χ4n) is 3.74. The van der Waals surface area contributed by atoms with Gasteiger partial charge in [-0.3, -0.25) is 20.4 Å². The van der Waals surface area contributed by atoms with E-state index >= 15 is 0 Å². The van der Waals surface area contributed by atoms with Crippen molar-refractivity contribution in [2.24, 2.45) is 0 Å². The Morgan fingerprint density at radius 3 is 2.38 bits per heavy atom. The van der Waals surface area contributed by atoms with Crippen molar-refractivity contribution < 1.29 is 22.8 Å². The van der Waals surface area contributed by atoms with E-state index in [1.807, 2.05) is 6.07 Å². The molecule has 2 aromatic carbocycles. The van der Waals surface area contributed by atoms with Gasteiger partial charge in [-0.15, -0.1) is 0 Å². The van der Waals surface area contributed by atoms with E-state index in [9.17, 15) is 22.8 Å². The van der Waals surface area contributed by atoms with Gasteiger partial charge in [-0.25, -0.2) is 0 Å². The second-order valence-electron chi connectivity index (χ2n) is 7.78. The van der Waals surface area contributed by atoms with Crippen molar-refractivity contribution in [1.29, 1.82) is 10.8 Å². The normalized spacial score (nSPS) is 14.1. The van der Waals surface area contributed by atoms with Gasteiger partial charge in [0.1, 0.15) is 5.84 Å². The number of halogens is 3. The van der Waals surface area contributed by atoms with Crippen LogP contribution in [0.15, 0.2) is 55.1 Å². The zero-order valence-electron chi connectivity index (χ0n) is 18.5. The summed E-state index contributed by atoms with van der Waals surface area (Å²) in [5.41, 5.74) is 2.97. The molecule has 1 fully saturated rings. The van der Waals surface area contributed by atoms with Crippen LogP contribution < -0.4 is 5.32 Å². The summed E-state index contributed by atoms with van der Waals surface area (Å²) in [6.45, 7) is 3.44. The summed E-state index contributed by atoms with van der Waals surface area (Å²) in [6.07, 6.45) is -4.48. The predicted octanol–water partition coefficient (Wildman–Crippen LogP) is 3.58. The van der Waals surface area contributed by atoms with Gasteiger partial charge in [0.15, 0.2) is 0 Å². The lowest BCUT2D eigenvalue weighted by Gasteiger charge is -2.36. The van der Waals surface area contributed by atoms with Crippen LogP contribution in [-0.2, 0) is 6.42 Å². The molecule has 1 aliphatic rings. The van der Waals surface area contributed by atoms with E-state index in [1.165, 1.54) is 4.90 Å².